The lowest BCUT2D eigenvalue weighted by atomic mass is 9.60. The molecule has 0 aliphatic heterocycles. The van der Waals surface area contributed by atoms with Gasteiger partial charge in [-0.2, -0.15) is 0 Å². The molecule has 45 heavy (non-hydrogen) atoms. The molecule has 0 saturated carbocycles. The predicted octanol–water partition coefficient (Wildman–Crippen LogP) is 13.4. The molecular formula is C45H44. The number of hydrogen-bond acceptors (Lipinski definition) is 0. The molecule has 0 radical (unpaired) electrons. The van der Waals surface area contributed by atoms with Crippen molar-refractivity contribution >= 4 is 55.2 Å². The van der Waals surface area contributed by atoms with Gasteiger partial charge in [-0.25, -0.2) is 0 Å². The summed E-state index contributed by atoms with van der Waals surface area (Å²) in [4.78, 5) is 0. The summed E-state index contributed by atoms with van der Waals surface area (Å²) in [7, 11) is 0. The van der Waals surface area contributed by atoms with Crippen molar-refractivity contribution in [2.24, 2.45) is 5.41 Å². The standard InChI is InChI=1S/C45H44/c1-5-7-13-35-27-33-25-23-31-21-19-29-15-9-11-17-37(29)39(31)41(33)43(35)45(3,4)44-36(14-8-6-2)28-34-26-24-32-22-20-30-16-10-12-18-38(30)40(32)42(34)44/h9-12,15-28,43-44H,5-8,13-14H2,1-4H3. The van der Waals surface area contributed by atoms with Gasteiger partial charge >= 0.3 is 0 Å². The molecule has 6 aromatic rings. The van der Waals surface area contributed by atoms with Crippen LogP contribution in [0.3, 0.4) is 0 Å². The van der Waals surface area contributed by atoms with E-state index in [1.54, 1.807) is 22.3 Å². The molecule has 2 aliphatic rings. The Kier molecular flexibility index (Phi) is 6.94. The highest BCUT2D eigenvalue weighted by Gasteiger charge is 2.47. The monoisotopic (exact) mass is 584 g/mol. The molecule has 2 unspecified atom stereocenters. The Morgan fingerprint density at radius 1 is 0.489 bits per heavy atom. The van der Waals surface area contributed by atoms with E-state index in [4.69, 9.17) is 0 Å². The van der Waals surface area contributed by atoms with Crippen molar-refractivity contribution in [3.8, 4) is 0 Å². The van der Waals surface area contributed by atoms with Crippen LogP contribution in [-0.4, -0.2) is 0 Å². The predicted molar refractivity (Wildman–Crippen MR) is 197 cm³/mol. The first-order valence-corrected chi connectivity index (χ1v) is 17.3. The van der Waals surface area contributed by atoms with E-state index in [0.717, 1.165) is 12.8 Å². The van der Waals surface area contributed by atoms with Crippen molar-refractivity contribution in [1.29, 1.82) is 0 Å². The SMILES string of the molecule is CCCCC1=Cc2ccc3ccc4ccccc4c3c2C1C(C)(C)C1C(CCCC)=Cc2ccc3ccc4ccccc4c3c21. The minimum absolute atomic E-state index is 0.0356. The van der Waals surface area contributed by atoms with Crippen LogP contribution in [0.15, 0.2) is 108 Å². The second-order valence-corrected chi connectivity index (χ2v) is 14.2. The summed E-state index contributed by atoms with van der Waals surface area (Å²) in [6, 6.07) is 36.9. The van der Waals surface area contributed by atoms with Crippen LogP contribution < -0.4 is 0 Å². The van der Waals surface area contributed by atoms with Gasteiger partial charge in [0.15, 0.2) is 0 Å². The van der Waals surface area contributed by atoms with Gasteiger partial charge in [0.1, 0.15) is 0 Å². The van der Waals surface area contributed by atoms with Crippen LogP contribution in [0.4, 0.5) is 0 Å². The maximum absolute atomic E-state index is 2.61. The number of allylic oxidation sites excluding steroid dienone is 2. The molecule has 0 spiro atoms. The number of unbranched alkanes of at least 4 members (excludes halogenated alkanes) is 2. The first-order chi connectivity index (χ1) is 22.0. The molecule has 0 heterocycles. The third kappa shape index (κ3) is 4.40. The number of rotatable bonds is 8. The van der Waals surface area contributed by atoms with Gasteiger partial charge in [-0.1, -0.05) is 161 Å². The maximum atomic E-state index is 2.61. The zero-order valence-corrected chi connectivity index (χ0v) is 27.3. The van der Waals surface area contributed by atoms with E-state index in [1.807, 2.05) is 0 Å². The second-order valence-electron chi connectivity index (χ2n) is 14.2. The molecule has 0 heteroatoms. The van der Waals surface area contributed by atoms with E-state index >= 15 is 0 Å². The minimum Gasteiger partial charge on any atom is -0.0654 e. The van der Waals surface area contributed by atoms with Crippen molar-refractivity contribution in [3.05, 3.63) is 130 Å². The van der Waals surface area contributed by atoms with Crippen molar-refractivity contribution < 1.29 is 0 Å². The summed E-state index contributed by atoms with van der Waals surface area (Å²) in [5.74, 6) is 0.694. The smallest absolute Gasteiger partial charge is 0.0124 e. The van der Waals surface area contributed by atoms with E-state index < -0.39 is 0 Å². The Morgan fingerprint density at radius 2 is 0.889 bits per heavy atom. The molecule has 2 aliphatic carbocycles. The van der Waals surface area contributed by atoms with Crippen LogP contribution in [0.5, 0.6) is 0 Å². The van der Waals surface area contributed by atoms with Gasteiger partial charge in [-0.3, -0.25) is 0 Å². The Hall–Kier alpha value is -4.16. The van der Waals surface area contributed by atoms with E-state index in [-0.39, 0.29) is 5.41 Å². The minimum atomic E-state index is -0.0356. The molecule has 6 aromatic carbocycles. The Labute approximate surface area is 268 Å². The molecule has 0 bridgehead atoms. The quantitative estimate of drug-likeness (QED) is 0.156. The summed E-state index contributed by atoms with van der Waals surface area (Å²) in [5, 5.41) is 11.1. The fourth-order valence-corrected chi connectivity index (χ4v) is 9.15. The van der Waals surface area contributed by atoms with Crippen LogP contribution in [0.25, 0.3) is 55.2 Å². The molecular weight excluding hydrogens is 540 g/mol. The maximum Gasteiger partial charge on any atom is 0.0124 e. The Bertz CT molecular complexity index is 2010. The zero-order valence-electron chi connectivity index (χ0n) is 27.3. The largest absolute Gasteiger partial charge is 0.0654 e. The lowest BCUT2D eigenvalue weighted by molar-refractivity contribution is 0.269. The third-order valence-corrected chi connectivity index (χ3v) is 11.1. The van der Waals surface area contributed by atoms with Crippen molar-refractivity contribution in [2.45, 2.75) is 78.1 Å². The van der Waals surface area contributed by atoms with Crippen molar-refractivity contribution in [2.75, 3.05) is 0 Å². The lowest BCUT2D eigenvalue weighted by Crippen LogP contribution is -2.31. The normalized spacial score (nSPS) is 17.7. The van der Waals surface area contributed by atoms with Gasteiger partial charge in [0.05, 0.1) is 0 Å². The molecule has 0 nitrogen and oxygen atoms in total. The first kappa shape index (κ1) is 28.3. The van der Waals surface area contributed by atoms with Gasteiger partial charge in [0.25, 0.3) is 0 Å². The van der Waals surface area contributed by atoms with Gasteiger partial charge in [0.2, 0.25) is 0 Å². The molecule has 0 fully saturated rings. The molecule has 0 saturated heterocycles. The van der Waals surface area contributed by atoms with Crippen LogP contribution in [0.1, 0.15) is 100 Å². The first-order valence-electron chi connectivity index (χ1n) is 17.3. The van der Waals surface area contributed by atoms with Crippen molar-refractivity contribution in [1.82, 2.24) is 0 Å². The number of benzene rings is 6. The Balaban J connectivity index is 1.41. The molecule has 8 rings (SSSR count). The van der Waals surface area contributed by atoms with Crippen LogP contribution >= 0.6 is 0 Å². The molecule has 0 N–H and O–H groups in total. The topological polar surface area (TPSA) is 0 Å². The molecule has 0 amide bonds. The van der Waals surface area contributed by atoms with Crippen LogP contribution in [-0.2, 0) is 0 Å². The molecule has 2 atom stereocenters. The third-order valence-electron chi connectivity index (χ3n) is 11.1. The summed E-state index contributed by atoms with van der Waals surface area (Å²) in [5.41, 5.74) is 9.22. The summed E-state index contributed by atoms with van der Waals surface area (Å²) in [6.07, 6.45) is 12.4. The fourth-order valence-electron chi connectivity index (χ4n) is 9.15. The van der Waals surface area contributed by atoms with Crippen LogP contribution in [0, 0.1) is 5.41 Å². The van der Waals surface area contributed by atoms with Gasteiger partial charge in [-0.05, 0) is 96.4 Å². The number of hydrogen-bond donors (Lipinski definition) is 0. The van der Waals surface area contributed by atoms with Gasteiger partial charge in [0, 0.05) is 11.8 Å². The van der Waals surface area contributed by atoms with Crippen LogP contribution in [0.2, 0.25) is 0 Å². The summed E-state index contributed by atoms with van der Waals surface area (Å²) in [6.45, 7) is 9.89. The Morgan fingerprint density at radius 3 is 1.33 bits per heavy atom. The fraction of sp³-hybridized carbons (Fsp3) is 0.289. The van der Waals surface area contributed by atoms with Gasteiger partial charge in [-0.15, -0.1) is 0 Å². The number of fused-ring (bicyclic) bond motifs is 10. The van der Waals surface area contributed by atoms with E-state index in [2.05, 4.69) is 137 Å². The van der Waals surface area contributed by atoms with Crippen molar-refractivity contribution in [3.63, 3.8) is 0 Å². The van der Waals surface area contributed by atoms with E-state index in [0.29, 0.717) is 11.8 Å². The van der Waals surface area contributed by atoms with E-state index in [1.165, 1.54) is 79.9 Å². The van der Waals surface area contributed by atoms with Gasteiger partial charge < -0.3 is 0 Å². The molecule has 0 aromatic heterocycles. The average Bonchev–Trinajstić information content (AvgIpc) is 3.65. The van der Waals surface area contributed by atoms with E-state index in [9.17, 15) is 0 Å². The highest BCUT2D eigenvalue weighted by molar-refractivity contribution is 6.12. The summed E-state index contributed by atoms with van der Waals surface area (Å²) >= 11 is 0. The second kappa shape index (κ2) is 11.0. The lowest BCUT2D eigenvalue weighted by Gasteiger charge is -2.43. The zero-order chi connectivity index (χ0) is 30.7. The highest BCUT2D eigenvalue weighted by atomic mass is 14.5. The average molecular weight is 585 g/mol. The molecule has 224 valence electrons. The highest BCUT2D eigenvalue weighted by Crippen LogP contribution is 2.62. The summed E-state index contributed by atoms with van der Waals surface area (Å²) < 4.78 is 0.